The summed E-state index contributed by atoms with van der Waals surface area (Å²) >= 11 is 0. The van der Waals surface area contributed by atoms with Gasteiger partial charge in [-0.2, -0.15) is 0 Å². The summed E-state index contributed by atoms with van der Waals surface area (Å²) in [5.41, 5.74) is 0. The van der Waals surface area contributed by atoms with Gasteiger partial charge in [0.2, 0.25) is 0 Å². The average molecular weight is 398 g/mol. The van der Waals surface area contributed by atoms with Crippen molar-refractivity contribution in [2.45, 2.75) is 136 Å². The van der Waals surface area contributed by atoms with Gasteiger partial charge >= 0.3 is 0 Å². The second-order valence-electron chi connectivity index (χ2n) is 8.88. The third-order valence-electron chi connectivity index (χ3n) is 6.26. The minimum Gasteiger partial charge on any atom is -0.0654 e. The van der Waals surface area contributed by atoms with Gasteiger partial charge in [-0.15, -0.1) is 0 Å². The fourth-order valence-electron chi connectivity index (χ4n) is 4.23. The first-order valence-electron chi connectivity index (χ1n) is 12.7. The van der Waals surface area contributed by atoms with Gasteiger partial charge in [-0.25, -0.2) is 0 Å². The van der Waals surface area contributed by atoms with Gasteiger partial charge in [-0.05, 0) is 38.5 Å². The number of hydrogen-bond donors (Lipinski definition) is 0. The van der Waals surface area contributed by atoms with Crippen LogP contribution in [0, 0.1) is 0 Å². The van der Waals surface area contributed by atoms with Crippen molar-refractivity contribution in [1.29, 1.82) is 0 Å². The number of rotatable bonds is 22. The van der Waals surface area contributed by atoms with Crippen molar-refractivity contribution < 1.29 is 0 Å². The van der Waals surface area contributed by atoms with E-state index in [1.807, 2.05) is 0 Å². The SMILES string of the molecule is C=C[P+](CCCCCCCC)(CCCCCCCC)CCCCCCCC. The minimum atomic E-state index is -0.880. The van der Waals surface area contributed by atoms with Crippen LogP contribution >= 0.6 is 7.26 Å². The molecule has 1 heteroatoms. The van der Waals surface area contributed by atoms with Gasteiger partial charge in [0.05, 0.1) is 24.3 Å². The molecule has 0 saturated carbocycles. The van der Waals surface area contributed by atoms with Crippen LogP contribution in [0.25, 0.3) is 0 Å². The lowest BCUT2D eigenvalue weighted by Gasteiger charge is -2.24. The minimum absolute atomic E-state index is 0.880. The fourth-order valence-corrected chi connectivity index (χ4v) is 8.01. The Morgan fingerprint density at radius 2 is 0.704 bits per heavy atom. The zero-order chi connectivity index (χ0) is 20.1. The van der Waals surface area contributed by atoms with Crippen molar-refractivity contribution in [1.82, 2.24) is 0 Å². The molecule has 27 heavy (non-hydrogen) atoms. The molecule has 0 aliphatic heterocycles. The molecule has 0 atom stereocenters. The molecule has 162 valence electrons. The van der Waals surface area contributed by atoms with Crippen LogP contribution in [0.4, 0.5) is 0 Å². The molecular weight excluding hydrogens is 343 g/mol. The van der Waals surface area contributed by atoms with Crippen LogP contribution in [0.15, 0.2) is 12.4 Å². The molecule has 0 aliphatic rings. The molecule has 0 amide bonds. The third kappa shape index (κ3) is 16.8. The average Bonchev–Trinajstić information content (AvgIpc) is 2.69. The van der Waals surface area contributed by atoms with Crippen molar-refractivity contribution in [2.24, 2.45) is 0 Å². The lowest BCUT2D eigenvalue weighted by molar-refractivity contribution is 0.616. The number of hydrogen-bond acceptors (Lipinski definition) is 0. The van der Waals surface area contributed by atoms with E-state index in [0.717, 1.165) is 0 Å². The van der Waals surface area contributed by atoms with E-state index in [9.17, 15) is 0 Å². The topological polar surface area (TPSA) is 0 Å². The fraction of sp³-hybridized carbons (Fsp3) is 0.923. The first-order valence-corrected chi connectivity index (χ1v) is 15.2. The maximum absolute atomic E-state index is 4.37. The molecule has 0 aromatic heterocycles. The van der Waals surface area contributed by atoms with Crippen molar-refractivity contribution in [3.63, 3.8) is 0 Å². The second kappa shape index (κ2) is 20.9. The smallest absolute Gasteiger partial charge is 0.0635 e. The zero-order valence-corrected chi connectivity index (χ0v) is 20.5. The van der Waals surface area contributed by atoms with Crippen LogP contribution in [0.2, 0.25) is 0 Å². The van der Waals surface area contributed by atoms with Crippen molar-refractivity contribution in [3.8, 4) is 0 Å². The highest BCUT2D eigenvalue weighted by molar-refractivity contribution is 7.78. The molecule has 0 saturated heterocycles. The van der Waals surface area contributed by atoms with E-state index in [0.29, 0.717) is 0 Å². The van der Waals surface area contributed by atoms with Crippen LogP contribution < -0.4 is 0 Å². The third-order valence-corrected chi connectivity index (χ3v) is 10.7. The Labute approximate surface area is 174 Å². The Balaban J connectivity index is 4.25. The van der Waals surface area contributed by atoms with Crippen LogP contribution in [0.1, 0.15) is 136 Å². The largest absolute Gasteiger partial charge is 0.0654 e. The van der Waals surface area contributed by atoms with Crippen LogP contribution in [-0.4, -0.2) is 18.5 Å². The predicted molar refractivity (Wildman–Crippen MR) is 132 cm³/mol. The summed E-state index contributed by atoms with van der Waals surface area (Å²) in [5.74, 6) is 2.48. The molecule has 0 aromatic carbocycles. The summed E-state index contributed by atoms with van der Waals surface area (Å²) in [6, 6.07) is 0. The molecule has 0 fully saturated rings. The Bertz CT molecular complexity index is 256. The molecule has 0 heterocycles. The van der Waals surface area contributed by atoms with E-state index >= 15 is 0 Å². The van der Waals surface area contributed by atoms with Crippen LogP contribution in [0.5, 0.6) is 0 Å². The van der Waals surface area contributed by atoms with Crippen molar-refractivity contribution in [2.75, 3.05) is 18.5 Å². The lowest BCUT2D eigenvalue weighted by atomic mass is 10.1. The van der Waals surface area contributed by atoms with Crippen LogP contribution in [0.3, 0.4) is 0 Å². The first-order chi connectivity index (χ1) is 13.2. The Hall–Kier alpha value is 0.170. The van der Waals surface area contributed by atoms with E-state index < -0.39 is 7.26 Å². The molecule has 0 unspecified atom stereocenters. The molecule has 0 nitrogen and oxygen atoms in total. The molecular formula is C26H54P+. The van der Waals surface area contributed by atoms with E-state index in [1.165, 1.54) is 134 Å². The molecule has 0 radical (unpaired) electrons. The Morgan fingerprint density at radius 1 is 0.444 bits per heavy atom. The highest BCUT2D eigenvalue weighted by atomic mass is 31.2. The summed E-state index contributed by atoms with van der Waals surface area (Å²) in [6.07, 6.45) is 30.4. The first kappa shape index (κ1) is 27.2. The summed E-state index contributed by atoms with van der Waals surface area (Å²) in [7, 11) is -0.880. The van der Waals surface area contributed by atoms with E-state index in [1.54, 1.807) is 0 Å². The highest BCUT2D eigenvalue weighted by Gasteiger charge is 2.32. The number of unbranched alkanes of at least 4 members (excludes halogenated alkanes) is 15. The lowest BCUT2D eigenvalue weighted by Crippen LogP contribution is -2.07. The van der Waals surface area contributed by atoms with Crippen molar-refractivity contribution in [3.05, 3.63) is 12.4 Å². The molecule has 0 spiro atoms. The monoisotopic (exact) mass is 397 g/mol. The van der Waals surface area contributed by atoms with Gasteiger partial charge in [0.15, 0.2) is 0 Å². The van der Waals surface area contributed by atoms with E-state index in [4.69, 9.17) is 0 Å². The van der Waals surface area contributed by atoms with Crippen molar-refractivity contribution >= 4 is 7.26 Å². The standard InChI is InChI=1S/C26H54P/c1-5-9-12-15-18-21-24-27(8-4,25-22-19-16-13-10-6-2)26-23-20-17-14-11-7-3/h8H,4-7,9-26H2,1-3H3/q+1. The molecule has 0 bridgehead atoms. The Morgan fingerprint density at radius 3 is 0.963 bits per heavy atom. The molecule has 0 aliphatic carbocycles. The van der Waals surface area contributed by atoms with Gasteiger partial charge in [-0.3, -0.25) is 0 Å². The Kier molecular flexibility index (Phi) is 21.0. The molecule has 0 rings (SSSR count). The van der Waals surface area contributed by atoms with Crippen LogP contribution in [-0.2, 0) is 0 Å². The summed E-state index contributed by atoms with van der Waals surface area (Å²) in [4.78, 5) is 0. The molecule has 0 N–H and O–H groups in total. The normalized spacial score (nSPS) is 11.8. The summed E-state index contributed by atoms with van der Waals surface area (Å²) in [5, 5.41) is 0. The van der Waals surface area contributed by atoms with Gasteiger partial charge in [0, 0.05) is 7.26 Å². The van der Waals surface area contributed by atoms with Gasteiger partial charge in [0.1, 0.15) is 0 Å². The predicted octanol–water partition coefficient (Wildman–Crippen LogP) is 10.2. The van der Waals surface area contributed by atoms with Gasteiger partial charge in [0.25, 0.3) is 0 Å². The van der Waals surface area contributed by atoms with E-state index in [-0.39, 0.29) is 0 Å². The maximum atomic E-state index is 4.37. The van der Waals surface area contributed by atoms with E-state index in [2.05, 4.69) is 33.2 Å². The zero-order valence-electron chi connectivity index (χ0n) is 19.6. The summed E-state index contributed by atoms with van der Waals surface area (Å²) < 4.78 is 0. The highest BCUT2D eigenvalue weighted by Crippen LogP contribution is 2.62. The quantitative estimate of drug-likeness (QED) is 0.126. The summed E-state index contributed by atoms with van der Waals surface area (Å²) in [6.45, 7) is 11.3. The second-order valence-corrected chi connectivity index (χ2v) is 13.0. The maximum Gasteiger partial charge on any atom is 0.0635 e. The van der Waals surface area contributed by atoms with Gasteiger partial charge < -0.3 is 0 Å². The van der Waals surface area contributed by atoms with Gasteiger partial charge in [-0.1, -0.05) is 104 Å². The molecule has 0 aromatic rings.